The van der Waals surface area contributed by atoms with Crippen molar-refractivity contribution in [2.75, 3.05) is 11.9 Å². The van der Waals surface area contributed by atoms with Gasteiger partial charge in [0.15, 0.2) is 6.61 Å². The van der Waals surface area contributed by atoms with Gasteiger partial charge in [-0.2, -0.15) is 0 Å². The van der Waals surface area contributed by atoms with Crippen LogP contribution in [0.3, 0.4) is 0 Å². The first-order valence-corrected chi connectivity index (χ1v) is 11.0. The van der Waals surface area contributed by atoms with E-state index in [1.165, 1.54) is 12.1 Å². The maximum absolute atomic E-state index is 12.4. The van der Waals surface area contributed by atoms with Crippen molar-refractivity contribution >= 4 is 33.2 Å². The molecule has 0 atom stereocenters. The molecule has 1 saturated carbocycles. The highest BCUT2D eigenvalue weighted by Crippen LogP contribution is 2.22. The topological polar surface area (TPSA) is 84.5 Å². The zero-order chi connectivity index (χ0) is 20.1. The van der Waals surface area contributed by atoms with Gasteiger partial charge in [-0.05, 0) is 61.7 Å². The molecule has 3 rings (SSSR count). The molecule has 28 heavy (non-hydrogen) atoms. The molecule has 1 aliphatic rings. The molecule has 2 N–H and O–H groups in total. The van der Waals surface area contributed by atoms with E-state index < -0.39 is 10.0 Å². The fraction of sp³-hybridized carbons (Fsp3) is 0.350. The van der Waals surface area contributed by atoms with Gasteiger partial charge in [-0.3, -0.25) is 4.79 Å². The van der Waals surface area contributed by atoms with Gasteiger partial charge in [-0.25, -0.2) is 13.1 Å². The van der Waals surface area contributed by atoms with E-state index in [9.17, 15) is 13.2 Å². The molecule has 0 bridgehead atoms. The SMILES string of the molecule is Cc1ccc(Cl)cc1NC(=O)COc1ccc(S(=O)(=O)NC2CCCC2)cc1. The van der Waals surface area contributed by atoms with Crippen LogP contribution in [0.1, 0.15) is 31.2 Å². The van der Waals surface area contributed by atoms with Crippen LogP contribution < -0.4 is 14.8 Å². The van der Waals surface area contributed by atoms with Crippen molar-refractivity contribution in [3.63, 3.8) is 0 Å². The van der Waals surface area contributed by atoms with E-state index in [1.54, 1.807) is 24.3 Å². The molecule has 2 aromatic carbocycles. The predicted molar refractivity (Wildman–Crippen MR) is 109 cm³/mol. The van der Waals surface area contributed by atoms with Gasteiger partial charge in [0.2, 0.25) is 10.0 Å². The number of nitrogens with one attached hydrogen (secondary N) is 2. The van der Waals surface area contributed by atoms with Crippen LogP contribution in [-0.2, 0) is 14.8 Å². The Labute approximate surface area is 170 Å². The van der Waals surface area contributed by atoms with Gasteiger partial charge in [0.25, 0.3) is 5.91 Å². The van der Waals surface area contributed by atoms with Crippen molar-refractivity contribution in [2.24, 2.45) is 0 Å². The van der Waals surface area contributed by atoms with Crippen molar-refractivity contribution in [1.82, 2.24) is 4.72 Å². The highest BCUT2D eigenvalue weighted by atomic mass is 35.5. The molecule has 1 amide bonds. The molecule has 1 aliphatic carbocycles. The number of amides is 1. The Balaban J connectivity index is 1.55. The molecule has 150 valence electrons. The van der Waals surface area contributed by atoms with E-state index >= 15 is 0 Å². The van der Waals surface area contributed by atoms with Gasteiger partial charge in [0.05, 0.1) is 4.90 Å². The third-order valence-corrected chi connectivity index (χ3v) is 6.43. The minimum atomic E-state index is -3.54. The first-order valence-electron chi connectivity index (χ1n) is 9.15. The molecule has 2 aromatic rings. The van der Waals surface area contributed by atoms with Crippen LogP contribution in [0.25, 0.3) is 0 Å². The number of carbonyl (C=O) groups excluding carboxylic acids is 1. The fourth-order valence-corrected chi connectivity index (χ4v) is 4.59. The number of carbonyl (C=O) groups is 1. The molecule has 6 nitrogen and oxygen atoms in total. The van der Waals surface area contributed by atoms with Crippen molar-refractivity contribution in [1.29, 1.82) is 0 Å². The van der Waals surface area contributed by atoms with Crippen molar-refractivity contribution < 1.29 is 17.9 Å². The summed E-state index contributed by atoms with van der Waals surface area (Å²) in [5, 5.41) is 3.28. The number of rotatable bonds is 7. The second-order valence-corrected chi connectivity index (χ2v) is 9.02. The zero-order valence-corrected chi connectivity index (χ0v) is 17.1. The Hall–Kier alpha value is -2.09. The standard InChI is InChI=1S/C20H23ClN2O4S/c1-14-6-7-15(21)12-19(14)22-20(24)13-27-17-8-10-18(11-9-17)28(25,26)23-16-4-2-3-5-16/h6-12,16,23H,2-5,13H2,1H3,(H,22,24). The summed E-state index contributed by atoms with van der Waals surface area (Å²) in [7, 11) is -3.54. The largest absolute Gasteiger partial charge is 0.484 e. The second-order valence-electron chi connectivity index (χ2n) is 6.87. The summed E-state index contributed by atoms with van der Waals surface area (Å²) < 4.78 is 33.0. The Morgan fingerprint density at radius 2 is 1.82 bits per heavy atom. The molecular formula is C20H23ClN2O4S. The number of benzene rings is 2. The van der Waals surface area contributed by atoms with Crippen LogP contribution in [0.5, 0.6) is 5.75 Å². The molecule has 0 radical (unpaired) electrons. The van der Waals surface area contributed by atoms with E-state index in [0.29, 0.717) is 16.5 Å². The quantitative estimate of drug-likeness (QED) is 0.709. The van der Waals surface area contributed by atoms with Crippen LogP contribution in [0.15, 0.2) is 47.4 Å². The molecule has 0 saturated heterocycles. The van der Waals surface area contributed by atoms with Crippen LogP contribution >= 0.6 is 11.6 Å². The van der Waals surface area contributed by atoms with E-state index in [0.717, 1.165) is 31.2 Å². The average molecular weight is 423 g/mol. The van der Waals surface area contributed by atoms with Crippen molar-refractivity contribution in [2.45, 2.75) is 43.5 Å². The lowest BCUT2D eigenvalue weighted by molar-refractivity contribution is -0.118. The summed E-state index contributed by atoms with van der Waals surface area (Å²) in [6.07, 6.45) is 3.86. The van der Waals surface area contributed by atoms with Gasteiger partial charge in [0.1, 0.15) is 5.75 Å². The molecular weight excluding hydrogens is 400 g/mol. The van der Waals surface area contributed by atoms with Gasteiger partial charge in [-0.15, -0.1) is 0 Å². The first kappa shape index (κ1) is 20.6. The number of halogens is 1. The van der Waals surface area contributed by atoms with E-state index in [1.807, 2.05) is 13.0 Å². The summed E-state index contributed by atoms with van der Waals surface area (Å²) in [4.78, 5) is 12.3. The lowest BCUT2D eigenvalue weighted by Crippen LogP contribution is -2.32. The lowest BCUT2D eigenvalue weighted by Gasteiger charge is -2.13. The Bertz CT molecular complexity index is 939. The van der Waals surface area contributed by atoms with Gasteiger partial charge >= 0.3 is 0 Å². The van der Waals surface area contributed by atoms with Crippen LogP contribution in [0.4, 0.5) is 5.69 Å². The second kappa shape index (κ2) is 8.94. The van der Waals surface area contributed by atoms with E-state index in [2.05, 4.69) is 10.0 Å². The van der Waals surface area contributed by atoms with Crippen LogP contribution in [0.2, 0.25) is 5.02 Å². The zero-order valence-electron chi connectivity index (χ0n) is 15.6. The first-order chi connectivity index (χ1) is 13.3. The highest BCUT2D eigenvalue weighted by Gasteiger charge is 2.22. The Kier molecular flexibility index (Phi) is 6.59. The number of hydrogen-bond acceptors (Lipinski definition) is 4. The highest BCUT2D eigenvalue weighted by molar-refractivity contribution is 7.89. The van der Waals surface area contributed by atoms with Gasteiger partial charge in [-0.1, -0.05) is 30.5 Å². The van der Waals surface area contributed by atoms with Crippen molar-refractivity contribution in [3.8, 4) is 5.75 Å². The molecule has 0 heterocycles. The summed E-state index contributed by atoms with van der Waals surface area (Å²) in [5.41, 5.74) is 1.52. The minimum Gasteiger partial charge on any atom is -0.484 e. The summed E-state index contributed by atoms with van der Waals surface area (Å²) in [6, 6.07) is 11.3. The van der Waals surface area contributed by atoms with Gasteiger partial charge in [0, 0.05) is 16.8 Å². The number of sulfonamides is 1. The molecule has 8 heteroatoms. The van der Waals surface area contributed by atoms with Crippen LogP contribution in [0, 0.1) is 6.92 Å². The number of ether oxygens (including phenoxy) is 1. The van der Waals surface area contributed by atoms with Crippen molar-refractivity contribution in [3.05, 3.63) is 53.1 Å². The number of hydrogen-bond donors (Lipinski definition) is 2. The van der Waals surface area contributed by atoms with Crippen LogP contribution in [-0.4, -0.2) is 27.0 Å². The Morgan fingerprint density at radius 3 is 2.50 bits per heavy atom. The summed E-state index contributed by atoms with van der Waals surface area (Å²) in [6.45, 7) is 1.67. The summed E-state index contributed by atoms with van der Waals surface area (Å²) >= 11 is 5.94. The maximum Gasteiger partial charge on any atom is 0.262 e. The lowest BCUT2D eigenvalue weighted by atomic mass is 10.2. The monoisotopic (exact) mass is 422 g/mol. The molecule has 0 aromatic heterocycles. The van der Waals surface area contributed by atoms with E-state index in [4.69, 9.17) is 16.3 Å². The number of anilines is 1. The third-order valence-electron chi connectivity index (χ3n) is 4.65. The molecule has 0 aliphatic heterocycles. The third kappa shape index (κ3) is 5.47. The Morgan fingerprint density at radius 1 is 1.14 bits per heavy atom. The summed E-state index contributed by atoms with van der Waals surface area (Å²) in [5.74, 6) is 0.0859. The smallest absolute Gasteiger partial charge is 0.262 e. The van der Waals surface area contributed by atoms with Gasteiger partial charge < -0.3 is 10.1 Å². The molecule has 0 unspecified atom stereocenters. The molecule has 0 spiro atoms. The molecule has 1 fully saturated rings. The average Bonchev–Trinajstić information content (AvgIpc) is 3.16. The van der Waals surface area contributed by atoms with E-state index in [-0.39, 0.29) is 23.5 Å². The fourth-order valence-electron chi connectivity index (χ4n) is 3.11. The minimum absolute atomic E-state index is 0.0135. The normalized spacial score (nSPS) is 14.8. The maximum atomic E-state index is 12.4. The number of aryl methyl sites for hydroxylation is 1. The predicted octanol–water partition coefficient (Wildman–Crippen LogP) is 3.89.